The number of thiophene rings is 1. The number of benzene rings is 5. The third-order valence-electron chi connectivity index (χ3n) is 8.57. The lowest BCUT2D eigenvalue weighted by molar-refractivity contribution is 0.669. The highest BCUT2D eigenvalue weighted by atomic mass is 32.1. The van der Waals surface area contributed by atoms with Crippen LogP contribution in [0.5, 0.6) is 0 Å². The number of allylic oxidation sites excluding steroid dienone is 1. The van der Waals surface area contributed by atoms with Gasteiger partial charge < -0.3 is 4.42 Å². The van der Waals surface area contributed by atoms with Gasteiger partial charge in [0.15, 0.2) is 5.82 Å². The lowest BCUT2D eigenvalue weighted by Crippen LogP contribution is -1.97. The second-order valence-electron chi connectivity index (χ2n) is 11.3. The Morgan fingerprint density at radius 1 is 0.568 bits per heavy atom. The first-order chi connectivity index (χ1) is 21.8. The van der Waals surface area contributed by atoms with Crippen molar-refractivity contribution in [3.05, 3.63) is 138 Å². The minimum Gasteiger partial charge on any atom is -0.456 e. The summed E-state index contributed by atoms with van der Waals surface area (Å²) in [5.41, 5.74) is 10.3. The fourth-order valence-corrected chi connectivity index (χ4v) is 7.60. The Hall–Kier alpha value is -5.32. The molecule has 0 bridgehead atoms. The largest absolute Gasteiger partial charge is 0.456 e. The minimum atomic E-state index is 0.699. The fraction of sp³-hybridized carbons (Fsp3) is 0.0500. The van der Waals surface area contributed by atoms with E-state index in [0.717, 1.165) is 68.4 Å². The molecule has 0 fully saturated rings. The molecule has 4 heteroatoms. The molecule has 8 aromatic rings. The van der Waals surface area contributed by atoms with E-state index >= 15 is 0 Å². The van der Waals surface area contributed by atoms with Gasteiger partial charge in [-0.05, 0) is 65.9 Å². The maximum absolute atomic E-state index is 6.24. The first-order valence-corrected chi connectivity index (χ1v) is 15.8. The number of para-hydroxylation sites is 1. The number of hydrogen-bond acceptors (Lipinski definition) is 4. The Balaban J connectivity index is 1.23. The monoisotopic (exact) mass is 582 g/mol. The van der Waals surface area contributed by atoms with Gasteiger partial charge in [-0.15, -0.1) is 11.3 Å². The zero-order valence-electron chi connectivity index (χ0n) is 23.8. The molecule has 0 spiro atoms. The number of furan rings is 1. The Bertz CT molecular complexity index is 2400. The van der Waals surface area contributed by atoms with Crippen LogP contribution in [0.2, 0.25) is 0 Å². The van der Waals surface area contributed by atoms with E-state index in [1.54, 1.807) is 0 Å². The zero-order chi connectivity index (χ0) is 29.0. The molecule has 3 aromatic heterocycles. The summed E-state index contributed by atoms with van der Waals surface area (Å²) in [5, 5.41) is 3.56. The van der Waals surface area contributed by atoms with Gasteiger partial charge in [-0.1, -0.05) is 97.1 Å². The topological polar surface area (TPSA) is 38.9 Å². The number of hydrogen-bond donors (Lipinski definition) is 0. The normalized spacial score (nSPS) is 12.7. The molecule has 0 N–H and O–H groups in total. The van der Waals surface area contributed by atoms with Gasteiger partial charge in [0.1, 0.15) is 11.2 Å². The van der Waals surface area contributed by atoms with Crippen molar-refractivity contribution in [3.63, 3.8) is 0 Å². The standard InChI is InChI=1S/C40H26N2OS/c1-2-10-25(11-3-1)40-41-34(27-18-20-31-30-14-6-8-16-36(30)43-37(31)23-27)24-35(42-40)29-13-5-4-12-28(29)26-19-21-39-33(22-26)32-15-7-9-17-38(32)44-39/h1-8,10-16,18-24H,9,17H2. The smallest absolute Gasteiger partial charge is 0.160 e. The Kier molecular flexibility index (Phi) is 5.81. The highest BCUT2D eigenvalue weighted by molar-refractivity contribution is 7.19. The van der Waals surface area contributed by atoms with E-state index in [0.29, 0.717) is 5.82 Å². The third kappa shape index (κ3) is 4.18. The van der Waals surface area contributed by atoms with Crippen LogP contribution in [0.3, 0.4) is 0 Å². The predicted molar refractivity (Wildman–Crippen MR) is 184 cm³/mol. The Morgan fingerprint density at radius 3 is 2.27 bits per heavy atom. The summed E-state index contributed by atoms with van der Waals surface area (Å²) in [6.07, 6.45) is 6.85. The van der Waals surface area contributed by atoms with Crippen molar-refractivity contribution in [2.75, 3.05) is 0 Å². The average molecular weight is 583 g/mol. The molecule has 5 aromatic carbocycles. The maximum Gasteiger partial charge on any atom is 0.160 e. The van der Waals surface area contributed by atoms with Gasteiger partial charge in [0.25, 0.3) is 0 Å². The Morgan fingerprint density at radius 2 is 1.34 bits per heavy atom. The van der Waals surface area contributed by atoms with Crippen molar-refractivity contribution in [1.82, 2.24) is 9.97 Å². The lowest BCUT2D eigenvalue weighted by Gasteiger charge is -2.13. The Labute approximate surface area is 258 Å². The van der Waals surface area contributed by atoms with Crippen LogP contribution in [-0.4, -0.2) is 9.97 Å². The molecule has 1 aliphatic carbocycles. The van der Waals surface area contributed by atoms with Gasteiger partial charge in [0.05, 0.1) is 11.4 Å². The molecule has 0 atom stereocenters. The van der Waals surface area contributed by atoms with Crippen LogP contribution in [0.15, 0.2) is 132 Å². The quantitative estimate of drug-likeness (QED) is 0.207. The summed E-state index contributed by atoms with van der Waals surface area (Å²) in [6.45, 7) is 0. The summed E-state index contributed by atoms with van der Waals surface area (Å²) in [6, 6.07) is 42.4. The van der Waals surface area contributed by atoms with E-state index in [1.165, 1.54) is 26.1 Å². The third-order valence-corrected chi connectivity index (χ3v) is 9.82. The second kappa shape index (κ2) is 10.1. The molecule has 44 heavy (non-hydrogen) atoms. The molecule has 9 rings (SSSR count). The van der Waals surface area contributed by atoms with Crippen molar-refractivity contribution < 1.29 is 4.42 Å². The van der Waals surface area contributed by atoms with Crippen LogP contribution in [0.1, 0.15) is 16.9 Å². The summed E-state index contributed by atoms with van der Waals surface area (Å²) in [5.74, 6) is 0.699. The summed E-state index contributed by atoms with van der Waals surface area (Å²) in [7, 11) is 0. The van der Waals surface area contributed by atoms with Gasteiger partial charge in [-0.3, -0.25) is 0 Å². The summed E-state index contributed by atoms with van der Waals surface area (Å²) >= 11 is 1.93. The molecule has 3 nitrogen and oxygen atoms in total. The van der Waals surface area contributed by atoms with E-state index < -0.39 is 0 Å². The first kappa shape index (κ1) is 25.2. The van der Waals surface area contributed by atoms with Crippen LogP contribution in [0, 0.1) is 0 Å². The number of rotatable bonds is 4. The first-order valence-electron chi connectivity index (χ1n) is 15.0. The van der Waals surface area contributed by atoms with Gasteiger partial charge in [-0.2, -0.15) is 0 Å². The maximum atomic E-state index is 6.24. The molecule has 0 radical (unpaired) electrons. The molecule has 0 saturated heterocycles. The highest BCUT2D eigenvalue weighted by Gasteiger charge is 2.17. The van der Waals surface area contributed by atoms with Crippen LogP contribution < -0.4 is 0 Å². The molecule has 0 aliphatic heterocycles. The average Bonchev–Trinajstić information content (AvgIpc) is 3.66. The van der Waals surface area contributed by atoms with Gasteiger partial charge in [0.2, 0.25) is 0 Å². The van der Waals surface area contributed by atoms with Crippen molar-refractivity contribution in [2.24, 2.45) is 0 Å². The van der Waals surface area contributed by atoms with Crippen molar-refractivity contribution in [1.29, 1.82) is 0 Å². The molecule has 3 heterocycles. The van der Waals surface area contributed by atoms with Crippen LogP contribution >= 0.6 is 11.3 Å². The van der Waals surface area contributed by atoms with Gasteiger partial charge in [0, 0.05) is 42.4 Å². The number of fused-ring (bicyclic) bond motifs is 6. The van der Waals surface area contributed by atoms with E-state index in [-0.39, 0.29) is 0 Å². The molecular weight excluding hydrogens is 557 g/mol. The van der Waals surface area contributed by atoms with Crippen molar-refractivity contribution in [2.45, 2.75) is 12.8 Å². The van der Waals surface area contributed by atoms with Crippen LogP contribution in [0.25, 0.3) is 83.1 Å². The molecule has 0 amide bonds. The molecule has 0 saturated carbocycles. The molecule has 208 valence electrons. The second-order valence-corrected chi connectivity index (χ2v) is 12.4. The predicted octanol–water partition coefficient (Wildman–Crippen LogP) is 11.2. The fourth-order valence-electron chi connectivity index (χ4n) is 6.41. The van der Waals surface area contributed by atoms with Crippen LogP contribution in [0.4, 0.5) is 0 Å². The number of aromatic nitrogens is 2. The number of aryl methyl sites for hydroxylation is 1. The SMILES string of the molecule is C1=Cc2c(sc3ccc(-c4ccccc4-c4cc(-c5ccc6c(c5)oc5ccccc56)nc(-c5ccccc5)n4)cc23)CC1. The lowest BCUT2D eigenvalue weighted by atomic mass is 9.94. The molecular formula is C40H26N2OS. The van der Waals surface area contributed by atoms with E-state index in [4.69, 9.17) is 14.4 Å². The van der Waals surface area contributed by atoms with Gasteiger partial charge in [-0.25, -0.2) is 9.97 Å². The van der Waals surface area contributed by atoms with Crippen molar-refractivity contribution in [3.8, 4) is 45.0 Å². The van der Waals surface area contributed by atoms with Crippen LogP contribution in [-0.2, 0) is 6.42 Å². The molecule has 1 aliphatic rings. The van der Waals surface area contributed by atoms with Gasteiger partial charge >= 0.3 is 0 Å². The van der Waals surface area contributed by atoms with E-state index in [9.17, 15) is 0 Å². The summed E-state index contributed by atoms with van der Waals surface area (Å²) in [4.78, 5) is 11.7. The number of nitrogens with zero attached hydrogens (tertiary/aromatic N) is 2. The van der Waals surface area contributed by atoms with E-state index in [1.807, 2.05) is 47.7 Å². The molecule has 0 unspecified atom stereocenters. The highest BCUT2D eigenvalue weighted by Crippen LogP contribution is 2.40. The van der Waals surface area contributed by atoms with Crippen molar-refractivity contribution >= 4 is 49.4 Å². The summed E-state index contributed by atoms with van der Waals surface area (Å²) < 4.78 is 7.59. The van der Waals surface area contributed by atoms with E-state index in [2.05, 4.69) is 97.1 Å². The minimum absolute atomic E-state index is 0.699. The zero-order valence-corrected chi connectivity index (χ0v) is 24.6.